The third-order valence-corrected chi connectivity index (χ3v) is 4.81. The van der Waals surface area contributed by atoms with E-state index >= 15 is 0 Å². The molecule has 4 rings (SSSR count). The van der Waals surface area contributed by atoms with Gasteiger partial charge in [-0.3, -0.25) is 9.59 Å². The fraction of sp³-hybridized carbons (Fsp3) is 0.818. The first-order valence-corrected chi connectivity index (χ1v) is 5.72. The van der Waals surface area contributed by atoms with E-state index < -0.39 is 0 Å². The minimum atomic E-state index is -0.314. The summed E-state index contributed by atoms with van der Waals surface area (Å²) in [6.07, 6.45) is 4.44. The smallest absolute Gasteiger partial charge is 0.227 e. The van der Waals surface area contributed by atoms with Crippen molar-refractivity contribution in [3.05, 3.63) is 0 Å². The lowest BCUT2D eigenvalue weighted by atomic mass is 9.49. The highest BCUT2D eigenvalue weighted by molar-refractivity contribution is 6.64. The Morgan fingerprint density at radius 1 is 1.21 bits per heavy atom. The standard InChI is InChI=1S/C11H13ClO2/c12-10(14)11-3-6-1-7(4-11)9(13)8(2-6)5-11/h6-8H,1-5H2. The fourth-order valence-corrected chi connectivity index (χ4v) is 4.22. The number of ketones is 1. The van der Waals surface area contributed by atoms with Gasteiger partial charge in [0.05, 0.1) is 0 Å². The Bertz CT molecular complexity index is 305. The summed E-state index contributed by atoms with van der Waals surface area (Å²) in [5.74, 6) is 1.32. The zero-order valence-electron chi connectivity index (χ0n) is 7.96. The number of halogens is 1. The van der Waals surface area contributed by atoms with E-state index in [9.17, 15) is 9.59 Å². The quantitative estimate of drug-likeness (QED) is 0.625. The van der Waals surface area contributed by atoms with Crippen molar-refractivity contribution < 1.29 is 9.59 Å². The van der Waals surface area contributed by atoms with Gasteiger partial charge in [0.15, 0.2) is 0 Å². The molecule has 14 heavy (non-hydrogen) atoms. The highest BCUT2D eigenvalue weighted by Crippen LogP contribution is 2.59. The summed E-state index contributed by atoms with van der Waals surface area (Å²) in [5, 5.41) is -0.190. The van der Waals surface area contributed by atoms with Crippen molar-refractivity contribution in [2.75, 3.05) is 0 Å². The lowest BCUT2D eigenvalue weighted by Crippen LogP contribution is -2.53. The van der Waals surface area contributed by atoms with Crippen LogP contribution < -0.4 is 0 Å². The van der Waals surface area contributed by atoms with Crippen LogP contribution >= 0.6 is 11.6 Å². The van der Waals surface area contributed by atoms with Gasteiger partial charge in [0.1, 0.15) is 5.78 Å². The van der Waals surface area contributed by atoms with Crippen LogP contribution in [0.25, 0.3) is 0 Å². The van der Waals surface area contributed by atoms with E-state index in [2.05, 4.69) is 0 Å². The molecule has 0 aromatic carbocycles. The number of hydrogen-bond donors (Lipinski definition) is 0. The van der Waals surface area contributed by atoms with Gasteiger partial charge in [0.25, 0.3) is 0 Å². The Balaban J connectivity index is 2.00. The average molecular weight is 213 g/mol. The molecule has 0 spiro atoms. The van der Waals surface area contributed by atoms with E-state index in [4.69, 9.17) is 11.6 Å². The second-order valence-corrected chi connectivity index (χ2v) is 5.64. The van der Waals surface area contributed by atoms with Gasteiger partial charge in [-0.15, -0.1) is 0 Å². The summed E-state index contributed by atoms with van der Waals surface area (Å²) in [6, 6.07) is 0. The largest absolute Gasteiger partial charge is 0.299 e. The molecule has 2 atom stereocenters. The van der Waals surface area contributed by atoms with E-state index in [0.717, 1.165) is 32.1 Å². The lowest BCUT2D eigenvalue weighted by Gasteiger charge is -2.53. The molecule has 0 aromatic heterocycles. The maximum atomic E-state index is 11.8. The van der Waals surface area contributed by atoms with E-state index in [1.165, 1.54) is 0 Å². The number of Topliss-reactive ketones (excluding diaryl/α,β-unsaturated/α-hetero) is 1. The van der Waals surface area contributed by atoms with Crippen LogP contribution in [-0.4, -0.2) is 11.0 Å². The summed E-state index contributed by atoms with van der Waals surface area (Å²) >= 11 is 5.70. The monoisotopic (exact) mass is 212 g/mol. The second kappa shape index (κ2) is 2.60. The maximum Gasteiger partial charge on any atom is 0.227 e. The van der Waals surface area contributed by atoms with Crippen LogP contribution in [0.4, 0.5) is 0 Å². The summed E-state index contributed by atoms with van der Waals surface area (Å²) in [5.41, 5.74) is -0.314. The van der Waals surface area contributed by atoms with Gasteiger partial charge >= 0.3 is 0 Å². The first-order valence-electron chi connectivity index (χ1n) is 5.34. The Hall–Kier alpha value is -0.370. The number of carbonyl (C=O) groups is 2. The Morgan fingerprint density at radius 3 is 2.29 bits per heavy atom. The van der Waals surface area contributed by atoms with Crippen LogP contribution in [0.3, 0.4) is 0 Å². The molecule has 0 heterocycles. The normalized spacial score (nSPS) is 49.8. The third kappa shape index (κ3) is 0.979. The fourth-order valence-electron chi connectivity index (χ4n) is 3.99. The van der Waals surface area contributed by atoms with Gasteiger partial charge in [0.2, 0.25) is 5.24 Å². The highest BCUT2D eigenvalue weighted by atomic mass is 35.5. The minimum absolute atomic E-state index is 0.156. The molecule has 0 radical (unpaired) electrons. The van der Waals surface area contributed by atoms with Gasteiger partial charge in [0, 0.05) is 17.3 Å². The molecule has 3 heteroatoms. The first-order chi connectivity index (χ1) is 6.61. The van der Waals surface area contributed by atoms with Gasteiger partial charge in [-0.05, 0) is 49.6 Å². The zero-order valence-corrected chi connectivity index (χ0v) is 8.72. The third-order valence-electron chi connectivity index (χ3n) is 4.41. The maximum absolute atomic E-state index is 11.8. The molecule has 0 aliphatic heterocycles. The summed E-state index contributed by atoms with van der Waals surface area (Å²) in [6.45, 7) is 0. The molecular formula is C11H13ClO2. The van der Waals surface area contributed by atoms with Crippen molar-refractivity contribution in [2.24, 2.45) is 23.2 Å². The number of carbonyl (C=O) groups excluding carboxylic acids is 2. The van der Waals surface area contributed by atoms with E-state index in [-0.39, 0.29) is 22.5 Å². The average Bonchev–Trinajstić information content (AvgIpc) is 2.12. The SMILES string of the molecule is O=C1C2CC3CC1CC(C(=O)Cl)(C3)C2. The molecular weight excluding hydrogens is 200 g/mol. The summed E-state index contributed by atoms with van der Waals surface area (Å²) in [7, 11) is 0. The van der Waals surface area contributed by atoms with Gasteiger partial charge in [-0.2, -0.15) is 0 Å². The molecule has 2 unspecified atom stereocenters. The van der Waals surface area contributed by atoms with Crippen molar-refractivity contribution in [2.45, 2.75) is 32.1 Å². The van der Waals surface area contributed by atoms with Crippen LogP contribution in [0.5, 0.6) is 0 Å². The van der Waals surface area contributed by atoms with Crippen molar-refractivity contribution >= 4 is 22.6 Å². The van der Waals surface area contributed by atoms with Crippen LogP contribution in [0, 0.1) is 23.2 Å². The van der Waals surface area contributed by atoms with Gasteiger partial charge in [-0.1, -0.05) is 0 Å². The number of rotatable bonds is 1. The van der Waals surface area contributed by atoms with Gasteiger partial charge < -0.3 is 0 Å². The molecule has 4 fully saturated rings. The summed E-state index contributed by atoms with van der Waals surface area (Å²) in [4.78, 5) is 23.2. The molecule has 4 saturated carbocycles. The molecule has 0 N–H and O–H groups in total. The van der Waals surface area contributed by atoms with E-state index in [1.54, 1.807) is 0 Å². The molecule has 0 aromatic rings. The molecule has 4 aliphatic rings. The van der Waals surface area contributed by atoms with Crippen LogP contribution in [0.15, 0.2) is 0 Å². The molecule has 4 bridgehead atoms. The molecule has 76 valence electrons. The van der Waals surface area contributed by atoms with E-state index in [0.29, 0.717) is 11.7 Å². The van der Waals surface area contributed by atoms with Crippen molar-refractivity contribution in [1.29, 1.82) is 0 Å². The van der Waals surface area contributed by atoms with Crippen LogP contribution in [-0.2, 0) is 9.59 Å². The lowest BCUT2D eigenvalue weighted by molar-refractivity contribution is -0.152. The van der Waals surface area contributed by atoms with Crippen LogP contribution in [0.1, 0.15) is 32.1 Å². The highest BCUT2D eigenvalue weighted by Gasteiger charge is 2.57. The predicted octanol–water partition coefficient (Wildman–Crippen LogP) is 2.15. The molecule has 0 saturated heterocycles. The van der Waals surface area contributed by atoms with Crippen LogP contribution in [0.2, 0.25) is 0 Å². The molecule has 0 amide bonds. The van der Waals surface area contributed by atoms with Crippen molar-refractivity contribution in [1.82, 2.24) is 0 Å². The Labute approximate surface area is 88.0 Å². The Morgan fingerprint density at radius 2 is 1.79 bits per heavy atom. The predicted molar refractivity (Wildman–Crippen MR) is 51.9 cm³/mol. The Kier molecular flexibility index (Phi) is 1.65. The van der Waals surface area contributed by atoms with Crippen molar-refractivity contribution in [3.63, 3.8) is 0 Å². The molecule has 2 nitrogen and oxygen atoms in total. The van der Waals surface area contributed by atoms with Crippen molar-refractivity contribution in [3.8, 4) is 0 Å². The summed E-state index contributed by atoms with van der Waals surface area (Å²) < 4.78 is 0. The topological polar surface area (TPSA) is 34.1 Å². The minimum Gasteiger partial charge on any atom is -0.299 e. The number of hydrogen-bond acceptors (Lipinski definition) is 2. The zero-order chi connectivity index (χ0) is 9.92. The van der Waals surface area contributed by atoms with Gasteiger partial charge in [-0.25, -0.2) is 0 Å². The first kappa shape index (κ1) is 8.90. The second-order valence-electron chi connectivity index (χ2n) is 5.30. The van der Waals surface area contributed by atoms with E-state index in [1.807, 2.05) is 0 Å². The molecule has 4 aliphatic carbocycles.